The van der Waals surface area contributed by atoms with Gasteiger partial charge in [-0.1, -0.05) is 0 Å². The largest absolute Gasteiger partial charge is 0.393 e. The number of hydrogen-bond donors (Lipinski definition) is 2. The van der Waals surface area contributed by atoms with Crippen LogP contribution in [0.1, 0.15) is 36.8 Å². The van der Waals surface area contributed by atoms with Crippen LogP contribution in [-0.4, -0.2) is 17.8 Å². The first-order valence-corrected chi connectivity index (χ1v) is 5.94. The van der Waals surface area contributed by atoms with Crippen LogP contribution in [0.15, 0.2) is 11.4 Å². The van der Waals surface area contributed by atoms with Crippen molar-refractivity contribution in [3.05, 3.63) is 21.9 Å². The Bertz CT molecular complexity index is 270. The van der Waals surface area contributed by atoms with Crippen molar-refractivity contribution in [3.8, 4) is 0 Å². The number of aliphatic hydroxyl groups is 1. The van der Waals surface area contributed by atoms with Gasteiger partial charge in [-0.25, -0.2) is 0 Å². The molecule has 0 bridgehead atoms. The smallest absolute Gasteiger partial charge is 0.0524 e. The van der Waals surface area contributed by atoms with Crippen LogP contribution in [0.25, 0.3) is 0 Å². The van der Waals surface area contributed by atoms with Crippen molar-refractivity contribution in [1.82, 2.24) is 5.32 Å². The van der Waals surface area contributed by atoms with Gasteiger partial charge in [0.1, 0.15) is 0 Å². The van der Waals surface area contributed by atoms with Crippen molar-refractivity contribution in [2.24, 2.45) is 0 Å². The Morgan fingerprint density at radius 3 is 2.71 bits per heavy atom. The zero-order chi connectivity index (χ0) is 10.6. The monoisotopic (exact) mass is 213 g/mol. The molecule has 80 valence electrons. The maximum absolute atomic E-state index is 9.11. The third-order valence-corrected chi connectivity index (χ3v) is 3.51. The lowest BCUT2D eigenvalue weighted by Gasteiger charge is -2.14. The Morgan fingerprint density at radius 1 is 1.50 bits per heavy atom. The first-order valence-electron chi connectivity index (χ1n) is 5.06. The van der Waals surface area contributed by atoms with Crippen LogP contribution in [0, 0.1) is 6.92 Å². The average Bonchev–Trinajstić information content (AvgIpc) is 2.50. The van der Waals surface area contributed by atoms with Crippen molar-refractivity contribution < 1.29 is 5.11 Å². The highest BCUT2D eigenvalue weighted by atomic mass is 32.1. The molecule has 3 heteroatoms. The summed E-state index contributed by atoms with van der Waals surface area (Å²) < 4.78 is 0. The Hall–Kier alpha value is -0.380. The van der Waals surface area contributed by atoms with E-state index in [1.165, 1.54) is 10.4 Å². The molecule has 1 rings (SSSR count). The van der Waals surface area contributed by atoms with Gasteiger partial charge >= 0.3 is 0 Å². The molecule has 0 fully saturated rings. The summed E-state index contributed by atoms with van der Waals surface area (Å²) >= 11 is 1.79. The fraction of sp³-hybridized carbons (Fsp3) is 0.636. The third-order valence-electron chi connectivity index (χ3n) is 2.31. The lowest BCUT2D eigenvalue weighted by atomic mass is 10.2. The molecule has 0 saturated heterocycles. The van der Waals surface area contributed by atoms with Crippen LogP contribution in [0.4, 0.5) is 0 Å². The van der Waals surface area contributed by atoms with Gasteiger partial charge in [-0.3, -0.25) is 0 Å². The normalized spacial score (nSPS) is 15.4. The fourth-order valence-electron chi connectivity index (χ4n) is 1.43. The minimum Gasteiger partial charge on any atom is -0.393 e. The molecule has 0 radical (unpaired) electrons. The average molecular weight is 213 g/mol. The maximum Gasteiger partial charge on any atom is 0.0524 e. The SMILES string of the molecule is Cc1ccsc1[C@H](C)NCC[C@H](C)O. The van der Waals surface area contributed by atoms with Gasteiger partial charge in [0.25, 0.3) is 0 Å². The predicted molar refractivity (Wildman–Crippen MR) is 61.8 cm³/mol. The Morgan fingerprint density at radius 2 is 2.21 bits per heavy atom. The number of aliphatic hydroxyl groups excluding tert-OH is 1. The van der Waals surface area contributed by atoms with Crippen LogP contribution in [-0.2, 0) is 0 Å². The van der Waals surface area contributed by atoms with Crippen LogP contribution in [0.2, 0.25) is 0 Å². The highest BCUT2D eigenvalue weighted by Crippen LogP contribution is 2.23. The van der Waals surface area contributed by atoms with E-state index in [2.05, 4.69) is 30.6 Å². The molecule has 0 unspecified atom stereocenters. The van der Waals surface area contributed by atoms with Crippen molar-refractivity contribution in [2.75, 3.05) is 6.54 Å². The molecule has 2 nitrogen and oxygen atoms in total. The number of nitrogens with one attached hydrogen (secondary N) is 1. The highest BCUT2D eigenvalue weighted by Gasteiger charge is 2.08. The van der Waals surface area contributed by atoms with E-state index in [0.29, 0.717) is 6.04 Å². The molecule has 2 N–H and O–H groups in total. The Balaban J connectivity index is 2.36. The maximum atomic E-state index is 9.11. The molecule has 14 heavy (non-hydrogen) atoms. The minimum absolute atomic E-state index is 0.209. The van der Waals surface area contributed by atoms with E-state index in [0.717, 1.165) is 13.0 Å². The molecule has 0 aliphatic rings. The van der Waals surface area contributed by atoms with Crippen LogP contribution >= 0.6 is 11.3 Å². The van der Waals surface area contributed by atoms with Crippen molar-refractivity contribution in [3.63, 3.8) is 0 Å². The summed E-state index contributed by atoms with van der Waals surface area (Å²) in [5.74, 6) is 0. The van der Waals surface area contributed by atoms with Gasteiger partial charge in [0.2, 0.25) is 0 Å². The second kappa shape index (κ2) is 5.49. The summed E-state index contributed by atoms with van der Waals surface area (Å²) in [6.07, 6.45) is 0.605. The Kier molecular flexibility index (Phi) is 4.58. The molecule has 0 aromatic carbocycles. The van der Waals surface area contributed by atoms with E-state index in [4.69, 9.17) is 5.11 Å². The molecule has 0 amide bonds. The fourth-order valence-corrected chi connectivity index (χ4v) is 2.39. The number of hydrogen-bond acceptors (Lipinski definition) is 3. The molecule has 0 spiro atoms. The van der Waals surface area contributed by atoms with E-state index in [-0.39, 0.29) is 6.10 Å². The second-order valence-corrected chi connectivity index (χ2v) is 4.73. The summed E-state index contributed by atoms with van der Waals surface area (Å²) in [5, 5.41) is 14.6. The molecule has 1 aromatic rings. The number of rotatable bonds is 5. The first-order chi connectivity index (χ1) is 6.61. The first kappa shape index (κ1) is 11.7. The van der Waals surface area contributed by atoms with E-state index < -0.39 is 0 Å². The summed E-state index contributed by atoms with van der Waals surface area (Å²) in [5.41, 5.74) is 1.35. The van der Waals surface area contributed by atoms with Crippen molar-refractivity contribution in [1.29, 1.82) is 0 Å². The van der Waals surface area contributed by atoms with Crippen molar-refractivity contribution in [2.45, 2.75) is 39.3 Å². The van der Waals surface area contributed by atoms with E-state index in [1.807, 2.05) is 6.92 Å². The second-order valence-electron chi connectivity index (χ2n) is 3.78. The summed E-state index contributed by atoms with van der Waals surface area (Å²) in [7, 11) is 0. The van der Waals surface area contributed by atoms with Gasteiger partial charge in [-0.2, -0.15) is 0 Å². The molecular weight excluding hydrogens is 194 g/mol. The molecule has 0 aliphatic heterocycles. The molecule has 1 heterocycles. The van der Waals surface area contributed by atoms with E-state index >= 15 is 0 Å². The number of thiophene rings is 1. The zero-order valence-corrected chi connectivity index (χ0v) is 9.90. The summed E-state index contributed by atoms with van der Waals surface area (Å²) in [6.45, 7) is 7.00. The standard InChI is InChI=1S/C11H19NOS/c1-8-5-7-14-11(8)10(3)12-6-4-9(2)13/h5,7,9-10,12-13H,4,6H2,1-3H3/t9-,10-/m0/s1. The van der Waals surface area contributed by atoms with Gasteiger partial charge in [0.05, 0.1) is 6.10 Å². The highest BCUT2D eigenvalue weighted by molar-refractivity contribution is 7.10. The van der Waals surface area contributed by atoms with Crippen LogP contribution < -0.4 is 5.32 Å². The zero-order valence-electron chi connectivity index (χ0n) is 9.08. The minimum atomic E-state index is -0.209. The lowest BCUT2D eigenvalue weighted by molar-refractivity contribution is 0.182. The predicted octanol–water partition coefficient (Wildman–Crippen LogP) is 2.48. The molecule has 2 atom stereocenters. The molecule has 1 aromatic heterocycles. The van der Waals surface area contributed by atoms with Gasteiger partial charge in [0.15, 0.2) is 0 Å². The van der Waals surface area contributed by atoms with E-state index in [9.17, 15) is 0 Å². The quantitative estimate of drug-likeness (QED) is 0.787. The molecule has 0 aliphatic carbocycles. The Labute approximate surface area is 90.0 Å². The van der Waals surface area contributed by atoms with Crippen LogP contribution in [0.3, 0.4) is 0 Å². The van der Waals surface area contributed by atoms with Crippen molar-refractivity contribution >= 4 is 11.3 Å². The summed E-state index contributed by atoms with van der Waals surface area (Å²) in [6, 6.07) is 2.54. The third kappa shape index (κ3) is 3.40. The summed E-state index contributed by atoms with van der Waals surface area (Å²) in [4.78, 5) is 1.40. The number of aryl methyl sites for hydroxylation is 1. The topological polar surface area (TPSA) is 32.3 Å². The van der Waals surface area contributed by atoms with E-state index in [1.54, 1.807) is 11.3 Å². The molecular formula is C11H19NOS. The van der Waals surface area contributed by atoms with Gasteiger partial charge < -0.3 is 10.4 Å². The van der Waals surface area contributed by atoms with Gasteiger partial charge in [-0.05, 0) is 50.7 Å². The van der Waals surface area contributed by atoms with Crippen LogP contribution in [0.5, 0.6) is 0 Å². The van der Waals surface area contributed by atoms with Gasteiger partial charge in [0, 0.05) is 10.9 Å². The lowest BCUT2D eigenvalue weighted by Crippen LogP contribution is -2.22. The molecule has 0 saturated carbocycles. The van der Waals surface area contributed by atoms with Gasteiger partial charge in [-0.15, -0.1) is 11.3 Å².